The van der Waals surface area contributed by atoms with Crippen molar-refractivity contribution in [3.05, 3.63) is 75.2 Å². The summed E-state index contributed by atoms with van der Waals surface area (Å²) >= 11 is 6.04. The molecular formula is C26H31ClN4O2. The van der Waals surface area contributed by atoms with Crippen molar-refractivity contribution in [3.8, 4) is 0 Å². The molecule has 0 spiro atoms. The first-order valence-electron chi connectivity index (χ1n) is 11.7. The standard InChI is InChI=1S/C26H31ClN4O2/c1-18(2)28-25(32)13-15-30-14-5-6-21(30)17-31-26(33)23-8-4-3-7-22(23)24(29-31)16-19-9-11-20(27)12-10-19/h3-4,7-12,18,21H,5-6,13-17H2,1-2H3,(H,28,32). The van der Waals surface area contributed by atoms with Crippen LogP contribution in [-0.4, -0.2) is 45.8 Å². The summed E-state index contributed by atoms with van der Waals surface area (Å²) in [6, 6.07) is 15.8. The smallest absolute Gasteiger partial charge is 0.274 e. The van der Waals surface area contributed by atoms with Crippen molar-refractivity contribution < 1.29 is 4.79 Å². The molecule has 6 nitrogen and oxygen atoms in total. The van der Waals surface area contributed by atoms with E-state index in [2.05, 4.69) is 10.2 Å². The highest BCUT2D eigenvalue weighted by molar-refractivity contribution is 6.30. The van der Waals surface area contributed by atoms with E-state index < -0.39 is 0 Å². The zero-order chi connectivity index (χ0) is 23.4. The van der Waals surface area contributed by atoms with Gasteiger partial charge in [0.15, 0.2) is 0 Å². The van der Waals surface area contributed by atoms with E-state index in [9.17, 15) is 9.59 Å². The van der Waals surface area contributed by atoms with E-state index in [-0.39, 0.29) is 23.6 Å². The summed E-state index contributed by atoms with van der Waals surface area (Å²) < 4.78 is 1.63. The summed E-state index contributed by atoms with van der Waals surface area (Å²) in [7, 11) is 0. The van der Waals surface area contributed by atoms with E-state index >= 15 is 0 Å². The van der Waals surface area contributed by atoms with Crippen molar-refractivity contribution in [2.45, 2.75) is 58.2 Å². The zero-order valence-corrected chi connectivity index (χ0v) is 20.0. The number of carbonyl (C=O) groups excluding carboxylic acids is 1. The Morgan fingerprint density at radius 2 is 1.88 bits per heavy atom. The number of carbonyl (C=O) groups is 1. The van der Waals surface area contributed by atoms with Crippen LogP contribution in [0, 0.1) is 0 Å². The molecule has 1 unspecified atom stereocenters. The number of nitrogens with zero attached hydrogens (tertiary/aromatic N) is 3. The van der Waals surface area contributed by atoms with Crippen LogP contribution in [0.15, 0.2) is 53.3 Å². The third-order valence-electron chi connectivity index (χ3n) is 6.19. The number of rotatable bonds is 8. The molecule has 4 rings (SSSR count). The van der Waals surface area contributed by atoms with Crippen LogP contribution in [0.4, 0.5) is 0 Å². The van der Waals surface area contributed by atoms with E-state index in [1.807, 2.05) is 62.4 Å². The molecule has 33 heavy (non-hydrogen) atoms. The fraction of sp³-hybridized carbons (Fsp3) is 0.423. The van der Waals surface area contributed by atoms with Crippen molar-refractivity contribution >= 4 is 28.3 Å². The Morgan fingerprint density at radius 1 is 1.15 bits per heavy atom. The minimum atomic E-state index is -0.0603. The lowest BCUT2D eigenvalue weighted by Crippen LogP contribution is -2.40. The van der Waals surface area contributed by atoms with E-state index in [1.165, 1.54) is 0 Å². The Morgan fingerprint density at radius 3 is 2.61 bits per heavy atom. The highest BCUT2D eigenvalue weighted by Crippen LogP contribution is 2.21. The van der Waals surface area contributed by atoms with Gasteiger partial charge in [0, 0.05) is 41.9 Å². The molecule has 1 aliphatic rings. The topological polar surface area (TPSA) is 67.2 Å². The molecule has 1 N–H and O–H groups in total. The third-order valence-corrected chi connectivity index (χ3v) is 6.44. The number of halogens is 1. The van der Waals surface area contributed by atoms with Gasteiger partial charge in [0.2, 0.25) is 5.91 Å². The second-order valence-corrected chi connectivity index (χ2v) is 9.52. The van der Waals surface area contributed by atoms with Crippen molar-refractivity contribution in [3.63, 3.8) is 0 Å². The maximum Gasteiger partial charge on any atom is 0.274 e. The summed E-state index contributed by atoms with van der Waals surface area (Å²) in [5.41, 5.74) is 1.92. The van der Waals surface area contributed by atoms with Crippen LogP contribution in [-0.2, 0) is 17.8 Å². The van der Waals surface area contributed by atoms with E-state index in [1.54, 1.807) is 4.68 Å². The molecule has 0 radical (unpaired) electrons. The van der Waals surface area contributed by atoms with Crippen molar-refractivity contribution in [1.29, 1.82) is 0 Å². The molecule has 0 aliphatic carbocycles. The molecule has 174 valence electrons. The summed E-state index contributed by atoms with van der Waals surface area (Å²) in [5, 5.41) is 10.1. The average Bonchev–Trinajstić information content (AvgIpc) is 3.23. The third kappa shape index (κ3) is 5.81. The second-order valence-electron chi connectivity index (χ2n) is 9.09. The van der Waals surface area contributed by atoms with Gasteiger partial charge in [-0.05, 0) is 57.0 Å². The lowest BCUT2D eigenvalue weighted by atomic mass is 10.0. The molecule has 1 amide bonds. The Labute approximate surface area is 199 Å². The van der Waals surface area contributed by atoms with Gasteiger partial charge in [-0.3, -0.25) is 14.5 Å². The number of likely N-dealkylation sites (tertiary alicyclic amines) is 1. The number of aromatic nitrogens is 2. The Bertz CT molecular complexity index is 1170. The van der Waals surface area contributed by atoms with Gasteiger partial charge in [-0.1, -0.05) is 41.9 Å². The number of hydrogen-bond acceptors (Lipinski definition) is 4. The monoisotopic (exact) mass is 466 g/mol. The Balaban J connectivity index is 1.57. The van der Waals surface area contributed by atoms with Gasteiger partial charge in [-0.15, -0.1) is 0 Å². The second kappa shape index (κ2) is 10.5. The SMILES string of the molecule is CC(C)NC(=O)CCN1CCCC1Cn1nc(Cc2ccc(Cl)cc2)c2ccccc2c1=O. The van der Waals surface area contributed by atoms with Gasteiger partial charge in [-0.25, -0.2) is 4.68 Å². The van der Waals surface area contributed by atoms with E-state index in [4.69, 9.17) is 16.7 Å². The molecule has 3 aromatic rings. The molecule has 1 atom stereocenters. The highest BCUT2D eigenvalue weighted by Gasteiger charge is 2.26. The minimum absolute atomic E-state index is 0.0603. The molecule has 1 aliphatic heterocycles. The average molecular weight is 467 g/mol. The van der Waals surface area contributed by atoms with Gasteiger partial charge < -0.3 is 5.32 Å². The Hall–Kier alpha value is -2.70. The molecular weight excluding hydrogens is 436 g/mol. The van der Waals surface area contributed by atoms with Crippen LogP contribution < -0.4 is 10.9 Å². The maximum atomic E-state index is 13.3. The molecule has 2 heterocycles. The number of fused-ring (bicyclic) bond motifs is 1. The van der Waals surface area contributed by atoms with Crippen LogP contribution in [0.1, 0.15) is 44.4 Å². The Kier molecular flexibility index (Phi) is 7.46. The molecule has 2 aromatic carbocycles. The van der Waals surface area contributed by atoms with Gasteiger partial charge in [0.25, 0.3) is 5.56 Å². The summed E-state index contributed by atoms with van der Waals surface area (Å²) in [6.45, 7) is 6.11. The van der Waals surface area contributed by atoms with Gasteiger partial charge in [-0.2, -0.15) is 5.10 Å². The normalized spacial score (nSPS) is 16.5. The van der Waals surface area contributed by atoms with Crippen LogP contribution in [0.3, 0.4) is 0 Å². The molecule has 7 heteroatoms. The predicted octanol–water partition coefficient (Wildman–Crippen LogP) is 4.02. The highest BCUT2D eigenvalue weighted by atomic mass is 35.5. The van der Waals surface area contributed by atoms with Crippen LogP contribution in [0.2, 0.25) is 5.02 Å². The fourth-order valence-electron chi connectivity index (χ4n) is 4.59. The largest absolute Gasteiger partial charge is 0.354 e. The first-order chi connectivity index (χ1) is 15.9. The quantitative estimate of drug-likeness (QED) is 0.544. The van der Waals surface area contributed by atoms with Crippen LogP contribution >= 0.6 is 11.6 Å². The molecule has 1 fully saturated rings. The predicted molar refractivity (Wildman–Crippen MR) is 133 cm³/mol. The lowest BCUT2D eigenvalue weighted by molar-refractivity contribution is -0.121. The van der Waals surface area contributed by atoms with E-state index in [0.717, 1.165) is 36.0 Å². The maximum absolute atomic E-state index is 13.3. The minimum Gasteiger partial charge on any atom is -0.354 e. The van der Waals surface area contributed by atoms with Crippen LogP contribution in [0.5, 0.6) is 0 Å². The number of nitrogens with one attached hydrogen (secondary N) is 1. The first-order valence-corrected chi connectivity index (χ1v) is 12.0. The summed E-state index contributed by atoms with van der Waals surface area (Å²) in [6.07, 6.45) is 3.16. The number of amides is 1. The molecule has 0 saturated carbocycles. The van der Waals surface area contributed by atoms with Gasteiger partial charge in [0.1, 0.15) is 0 Å². The van der Waals surface area contributed by atoms with Crippen LogP contribution in [0.25, 0.3) is 10.8 Å². The molecule has 0 bridgehead atoms. The first kappa shape index (κ1) is 23.5. The zero-order valence-electron chi connectivity index (χ0n) is 19.3. The van der Waals surface area contributed by atoms with E-state index in [0.29, 0.717) is 36.3 Å². The lowest BCUT2D eigenvalue weighted by Gasteiger charge is -2.25. The van der Waals surface area contributed by atoms with Gasteiger partial charge in [0.05, 0.1) is 17.6 Å². The van der Waals surface area contributed by atoms with Crippen molar-refractivity contribution in [2.75, 3.05) is 13.1 Å². The number of hydrogen-bond donors (Lipinski definition) is 1. The fourth-order valence-corrected chi connectivity index (χ4v) is 4.72. The van der Waals surface area contributed by atoms with Crippen molar-refractivity contribution in [1.82, 2.24) is 20.0 Å². The number of benzene rings is 2. The van der Waals surface area contributed by atoms with Gasteiger partial charge >= 0.3 is 0 Å². The molecule has 1 saturated heterocycles. The summed E-state index contributed by atoms with van der Waals surface area (Å²) in [4.78, 5) is 27.7. The van der Waals surface area contributed by atoms with Crippen molar-refractivity contribution in [2.24, 2.45) is 0 Å². The molecule has 1 aromatic heterocycles. The summed E-state index contributed by atoms with van der Waals surface area (Å²) in [5.74, 6) is 0.0712.